The van der Waals surface area contributed by atoms with Gasteiger partial charge in [0.2, 0.25) is 11.8 Å². The highest BCUT2D eigenvalue weighted by atomic mass is 79.9. The van der Waals surface area contributed by atoms with E-state index in [0.717, 1.165) is 4.47 Å². The number of nitrogens with one attached hydrogen (secondary N) is 2. The van der Waals surface area contributed by atoms with Crippen LogP contribution in [0.1, 0.15) is 12.0 Å². The van der Waals surface area contributed by atoms with Crippen molar-refractivity contribution >= 4 is 34.0 Å². The fraction of sp³-hybridized carbons (Fsp3) is 0.214. The molecule has 0 unspecified atom stereocenters. The molecule has 0 bridgehead atoms. The van der Waals surface area contributed by atoms with E-state index in [2.05, 4.69) is 38.4 Å². The number of carbonyl (C=O) groups is 2. The van der Waals surface area contributed by atoms with Crippen LogP contribution < -0.4 is 15.5 Å². The number of amides is 2. The van der Waals surface area contributed by atoms with Gasteiger partial charge in [0, 0.05) is 16.6 Å². The molecule has 0 spiro atoms. The van der Waals surface area contributed by atoms with Crippen LogP contribution in [0.3, 0.4) is 0 Å². The van der Waals surface area contributed by atoms with Crippen LogP contribution in [-0.2, 0) is 9.59 Å². The van der Waals surface area contributed by atoms with E-state index in [-0.39, 0.29) is 12.3 Å². The van der Waals surface area contributed by atoms with Crippen LogP contribution in [0, 0.1) is 0 Å². The standard InChI is InChI=1S/C14H16BrN3O3/c1-3-6-16-13(19)8-14(20)18-17-9-10-7-11(15)4-5-12(10)21-2/h3-5,7,9H,1,6,8H2,2H3,(H,16,19)(H,18,20)/b17-9-. The van der Waals surface area contributed by atoms with Crippen LogP contribution in [-0.4, -0.2) is 31.7 Å². The van der Waals surface area contributed by atoms with Gasteiger partial charge in [-0.3, -0.25) is 9.59 Å². The minimum Gasteiger partial charge on any atom is -0.496 e. The van der Waals surface area contributed by atoms with Crippen LogP contribution in [0.15, 0.2) is 40.4 Å². The zero-order valence-corrected chi connectivity index (χ0v) is 13.1. The minimum atomic E-state index is -0.498. The lowest BCUT2D eigenvalue weighted by Gasteiger charge is -2.04. The smallest absolute Gasteiger partial charge is 0.249 e. The number of hydrazone groups is 1. The maximum Gasteiger partial charge on any atom is 0.249 e. The lowest BCUT2D eigenvalue weighted by Crippen LogP contribution is -2.29. The van der Waals surface area contributed by atoms with Gasteiger partial charge in [0.25, 0.3) is 0 Å². The number of rotatable bonds is 7. The average Bonchev–Trinajstić information content (AvgIpc) is 2.45. The molecular weight excluding hydrogens is 338 g/mol. The van der Waals surface area contributed by atoms with Gasteiger partial charge in [-0.2, -0.15) is 5.10 Å². The quantitative estimate of drug-likeness (QED) is 0.338. The second-order valence-corrected chi connectivity index (χ2v) is 4.86. The maximum atomic E-state index is 11.5. The lowest BCUT2D eigenvalue weighted by molar-refractivity contribution is -0.129. The van der Waals surface area contributed by atoms with Gasteiger partial charge in [-0.15, -0.1) is 6.58 Å². The summed E-state index contributed by atoms with van der Waals surface area (Å²) in [7, 11) is 1.54. The van der Waals surface area contributed by atoms with Crippen molar-refractivity contribution in [3.63, 3.8) is 0 Å². The summed E-state index contributed by atoms with van der Waals surface area (Å²) < 4.78 is 6.03. The molecule has 0 radical (unpaired) electrons. The van der Waals surface area contributed by atoms with Gasteiger partial charge in [0.1, 0.15) is 12.2 Å². The van der Waals surface area contributed by atoms with E-state index in [4.69, 9.17) is 4.74 Å². The van der Waals surface area contributed by atoms with E-state index in [1.807, 2.05) is 6.07 Å². The SMILES string of the molecule is C=CCNC(=O)CC(=O)N/N=C\c1cc(Br)ccc1OC. The summed E-state index contributed by atoms with van der Waals surface area (Å²) in [5, 5.41) is 6.30. The maximum absolute atomic E-state index is 11.5. The summed E-state index contributed by atoms with van der Waals surface area (Å²) in [6, 6.07) is 5.40. The Bertz CT molecular complexity index is 558. The molecule has 0 aromatic heterocycles. The van der Waals surface area contributed by atoms with Crippen molar-refractivity contribution in [1.29, 1.82) is 0 Å². The van der Waals surface area contributed by atoms with Gasteiger partial charge in [-0.25, -0.2) is 5.43 Å². The van der Waals surface area contributed by atoms with Crippen molar-refractivity contribution in [3.8, 4) is 5.75 Å². The number of carbonyl (C=O) groups excluding carboxylic acids is 2. The van der Waals surface area contributed by atoms with Gasteiger partial charge in [0.15, 0.2) is 0 Å². The van der Waals surface area contributed by atoms with Gasteiger partial charge >= 0.3 is 0 Å². The molecule has 112 valence electrons. The summed E-state index contributed by atoms with van der Waals surface area (Å²) in [5.74, 6) is -0.260. The zero-order valence-electron chi connectivity index (χ0n) is 11.6. The highest BCUT2D eigenvalue weighted by Crippen LogP contribution is 2.21. The molecule has 0 atom stereocenters. The van der Waals surface area contributed by atoms with Crippen LogP contribution in [0.2, 0.25) is 0 Å². The number of hydrogen-bond acceptors (Lipinski definition) is 4. The summed E-state index contributed by atoms with van der Waals surface area (Å²) in [5.41, 5.74) is 2.98. The van der Waals surface area contributed by atoms with Crippen LogP contribution in [0.4, 0.5) is 0 Å². The Hall–Kier alpha value is -2.15. The number of hydrogen-bond donors (Lipinski definition) is 2. The van der Waals surface area contributed by atoms with Crippen molar-refractivity contribution in [2.75, 3.05) is 13.7 Å². The Morgan fingerprint density at radius 2 is 2.19 bits per heavy atom. The normalized spacial score (nSPS) is 10.2. The largest absolute Gasteiger partial charge is 0.496 e. The van der Waals surface area contributed by atoms with Crippen molar-refractivity contribution in [2.45, 2.75) is 6.42 Å². The second-order valence-electron chi connectivity index (χ2n) is 3.95. The number of ether oxygens (including phenoxy) is 1. The zero-order chi connectivity index (χ0) is 15.7. The summed E-state index contributed by atoms with van der Waals surface area (Å²) >= 11 is 3.34. The number of halogens is 1. The molecule has 2 N–H and O–H groups in total. The minimum absolute atomic E-state index is 0.291. The molecule has 0 saturated carbocycles. The fourth-order valence-corrected chi connectivity index (χ4v) is 1.79. The van der Waals surface area contributed by atoms with Gasteiger partial charge in [0.05, 0.1) is 13.3 Å². The van der Waals surface area contributed by atoms with E-state index in [0.29, 0.717) is 17.9 Å². The molecule has 0 aliphatic rings. The van der Waals surface area contributed by atoms with Crippen LogP contribution >= 0.6 is 15.9 Å². The highest BCUT2D eigenvalue weighted by Gasteiger charge is 2.07. The van der Waals surface area contributed by atoms with E-state index < -0.39 is 5.91 Å². The Morgan fingerprint density at radius 3 is 2.86 bits per heavy atom. The molecule has 0 aliphatic carbocycles. The predicted molar refractivity (Wildman–Crippen MR) is 84.3 cm³/mol. The fourth-order valence-electron chi connectivity index (χ4n) is 1.41. The van der Waals surface area contributed by atoms with Gasteiger partial charge in [-0.05, 0) is 18.2 Å². The van der Waals surface area contributed by atoms with Crippen molar-refractivity contribution in [2.24, 2.45) is 5.10 Å². The molecule has 0 fully saturated rings. The monoisotopic (exact) mass is 353 g/mol. The topological polar surface area (TPSA) is 79.8 Å². The number of nitrogens with zero attached hydrogens (tertiary/aromatic N) is 1. The highest BCUT2D eigenvalue weighted by molar-refractivity contribution is 9.10. The van der Waals surface area contributed by atoms with Crippen LogP contribution in [0.5, 0.6) is 5.75 Å². The Morgan fingerprint density at radius 1 is 1.43 bits per heavy atom. The predicted octanol–water partition coefficient (Wildman–Crippen LogP) is 1.60. The first kappa shape index (κ1) is 16.9. The number of benzene rings is 1. The summed E-state index contributed by atoms with van der Waals surface area (Å²) in [6.45, 7) is 3.79. The third kappa shape index (κ3) is 6.22. The van der Waals surface area contributed by atoms with Crippen molar-refractivity contribution in [1.82, 2.24) is 10.7 Å². The molecule has 0 saturated heterocycles. The Balaban J connectivity index is 2.54. The van der Waals surface area contributed by atoms with Crippen molar-refractivity contribution in [3.05, 3.63) is 40.9 Å². The Labute approximate surface area is 131 Å². The molecule has 0 heterocycles. The molecule has 1 aromatic carbocycles. The summed E-state index contributed by atoms with van der Waals surface area (Å²) in [6.07, 6.45) is 2.69. The van der Waals surface area contributed by atoms with E-state index in [1.165, 1.54) is 12.3 Å². The average molecular weight is 354 g/mol. The van der Waals surface area contributed by atoms with E-state index >= 15 is 0 Å². The lowest BCUT2D eigenvalue weighted by atomic mass is 10.2. The van der Waals surface area contributed by atoms with Gasteiger partial charge in [-0.1, -0.05) is 22.0 Å². The molecule has 1 rings (SSSR count). The molecular formula is C14H16BrN3O3. The molecule has 21 heavy (non-hydrogen) atoms. The first-order valence-corrected chi connectivity index (χ1v) is 6.89. The molecule has 7 heteroatoms. The third-order valence-corrected chi connectivity index (χ3v) is 2.84. The van der Waals surface area contributed by atoms with Crippen molar-refractivity contribution < 1.29 is 14.3 Å². The second kappa shape index (κ2) is 8.91. The van der Waals surface area contributed by atoms with E-state index in [9.17, 15) is 9.59 Å². The molecule has 1 aromatic rings. The molecule has 0 aliphatic heterocycles. The molecule has 2 amide bonds. The van der Waals surface area contributed by atoms with Gasteiger partial charge < -0.3 is 10.1 Å². The summed E-state index contributed by atoms with van der Waals surface area (Å²) in [4.78, 5) is 22.8. The third-order valence-electron chi connectivity index (χ3n) is 2.35. The number of methoxy groups -OCH3 is 1. The first-order chi connectivity index (χ1) is 10.1. The first-order valence-electron chi connectivity index (χ1n) is 6.10. The molecule has 6 nitrogen and oxygen atoms in total. The Kier molecular flexibility index (Phi) is 7.17. The van der Waals surface area contributed by atoms with Crippen LogP contribution in [0.25, 0.3) is 0 Å². The van der Waals surface area contributed by atoms with E-state index in [1.54, 1.807) is 19.2 Å².